The Morgan fingerprint density at radius 3 is 1.42 bits per heavy atom. The van der Waals surface area contributed by atoms with Crippen LogP contribution in [0.5, 0.6) is 34.5 Å². The monoisotopic (exact) mass is 614 g/mol. The summed E-state index contributed by atoms with van der Waals surface area (Å²) < 4.78 is 25.5. The highest BCUT2D eigenvalue weighted by Gasteiger charge is 2.57. The maximum absolute atomic E-state index is 6.97. The number of benzene rings is 3. The van der Waals surface area contributed by atoms with Crippen molar-refractivity contribution >= 4 is 0 Å². The lowest BCUT2D eigenvalue weighted by atomic mass is 9.72. The van der Waals surface area contributed by atoms with Crippen molar-refractivity contribution in [2.45, 2.75) is 83.0 Å². The van der Waals surface area contributed by atoms with Gasteiger partial charge in [0.25, 0.3) is 0 Å². The average molecular weight is 615 g/mol. The average Bonchev–Trinajstić information content (AvgIpc) is 3.80. The van der Waals surface area contributed by atoms with Crippen LogP contribution in [-0.4, -0.2) is 14.2 Å². The van der Waals surface area contributed by atoms with Crippen molar-refractivity contribution in [3.8, 4) is 34.5 Å². The van der Waals surface area contributed by atoms with Gasteiger partial charge in [-0.3, -0.25) is 0 Å². The number of rotatable bonds is 4. The fraction of sp³-hybridized carbons (Fsp3) is 0.455. The van der Waals surface area contributed by atoms with Crippen molar-refractivity contribution in [1.82, 2.24) is 43.8 Å². The molecule has 2 aliphatic carbocycles. The zero-order chi connectivity index (χ0) is 31.5. The first kappa shape index (κ1) is 29.0. The van der Waals surface area contributed by atoms with Crippen molar-refractivity contribution in [3.05, 3.63) is 68.8 Å². The third kappa shape index (κ3) is 4.01. The quantitative estimate of drug-likeness (QED) is 0.168. The molecule has 5 aliphatic rings. The molecule has 3 aromatic carbocycles. The highest BCUT2D eigenvalue weighted by Crippen LogP contribution is 2.66. The zero-order valence-corrected chi connectivity index (χ0v) is 27.0. The summed E-state index contributed by atoms with van der Waals surface area (Å²) in [6.45, 7) is 13.6. The number of hydrogen-bond donors (Lipinski definition) is 8. The molecule has 0 aromatic heterocycles. The first-order valence-electron chi connectivity index (χ1n) is 15.5. The van der Waals surface area contributed by atoms with E-state index in [1.54, 1.807) is 14.2 Å². The van der Waals surface area contributed by atoms with Gasteiger partial charge < -0.3 is 18.9 Å². The van der Waals surface area contributed by atoms with E-state index in [9.17, 15) is 0 Å². The second-order valence-corrected chi connectivity index (χ2v) is 14.2. The molecule has 45 heavy (non-hydrogen) atoms. The molecule has 1 spiro atoms. The number of hydrogen-bond acceptors (Lipinski definition) is 12. The summed E-state index contributed by atoms with van der Waals surface area (Å²) in [4.78, 5) is 0. The molecule has 12 heteroatoms. The molecule has 0 saturated carbocycles. The summed E-state index contributed by atoms with van der Waals surface area (Å²) in [5, 5.41) is 0. The van der Waals surface area contributed by atoms with Crippen LogP contribution < -0.4 is 62.8 Å². The predicted octanol–water partition coefficient (Wildman–Crippen LogP) is 4.10. The number of fused-ring (bicyclic) bond motifs is 6. The molecule has 8 rings (SSSR count). The lowest BCUT2D eigenvalue weighted by molar-refractivity contribution is 0.338. The third-order valence-electron chi connectivity index (χ3n) is 10.6. The van der Waals surface area contributed by atoms with E-state index in [1.165, 1.54) is 22.3 Å². The second-order valence-electron chi connectivity index (χ2n) is 14.2. The van der Waals surface area contributed by atoms with Gasteiger partial charge in [-0.25, -0.2) is 21.7 Å². The van der Waals surface area contributed by atoms with E-state index in [0.29, 0.717) is 23.0 Å². The molecule has 3 aliphatic heterocycles. The number of nitrogens with one attached hydrogen (secondary N) is 8. The molecule has 1 atom stereocenters. The Morgan fingerprint density at radius 1 is 0.600 bits per heavy atom. The van der Waals surface area contributed by atoms with Gasteiger partial charge in [-0.15, -0.1) is 0 Å². The van der Waals surface area contributed by atoms with E-state index >= 15 is 0 Å². The molecule has 0 amide bonds. The van der Waals surface area contributed by atoms with Crippen molar-refractivity contribution in [2.75, 3.05) is 14.2 Å². The molecule has 2 saturated heterocycles. The maximum Gasteiger partial charge on any atom is 0.177 e. The van der Waals surface area contributed by atoms with E-state index in [4.69, 9.17) is 18.9 Å². The summed E-state index contributed by atoms with van der Waals surface area (Å²) in [6.07, 6.45) is 1.45. The van der Waals surface area contributed by atoms with Gasteiger partial charge in [-0.2, -0.15) is 22.1 Å². The Labute approximate surface area is 263 Å². The van der Waals surface area contributed by atoms with Gasteiger partial charge in [0, 0.05) is 16.5 Å². The molecule has 12 nitrogen and oxygen atoms in total. The highest BCUT2D eigenvalue weighted by atomic mass is 16.6. The smallest absolute Gasteiger partial charge is 0.177 e. The normalized spacial score (nSPS) is 24.2. The molecule has 0 radical (unpaired) electrons. The third-order valence-corrected chi connectivity index (χ3v) is 10.6. The number of hydrazine groups is 6. The summed E-state index contributed by atoms with van der Waals surface area (Å²) >= 11 is 0. The molecule has 238 valence electrons. The van der Waals surface area contributed by atoms with Gasteiger partial charge in [-0.05, 0) is 95.2 Å². The fourth-order valence-electron chi connectivity index (χ4n) is 8.70. The molecular weight excluding hydrogens is 572 g/mol. The largest absolute Gasteiger partial charge is 0.493 e. The van der Waals surface area contributed by atoms with Gasteiger partial charge in [0.05, 0.1) is 14.2 Å². The Bertz CT molecular complexity index is 1750. The van der Waals surface area contributed by atoms with Crippen molar-refractivity contribution in [3.63, 3.8) is 0 Å². The Morgan fingerprint density at radius 2 is 0.978 bits per heavy atom. The van der Waals surface area contributed by atoms with Crippen molar-refractivity contribution < 1.29 is 18.9 Å². The number of methoxy groups -OCH3 is 2. The minimum atomic E-state index is -0.248. The van der Waals surface area contributed by atoms with E-state index in [0.717, 1.165) is 46.6 Å². The van der Waals surface area contributed by atoms with Crippen LogP contribution in [0, 0.1) is 13.8 Å². The van der Waals surface area contributed by atoms with Gasteiger partial charge in [0.15, 0.2) is 34.5 Å². The van der Waals surface area contributed by atoms with Gasteiger partial charge in [0.2, 0.25) is 0 Å². The summed E-state index contributed by atoms with van der Waals surface area (Å²) in [7, 11) is 3.41. The molecule has 1 unspecified atom stereocenters. The van der Waals surface area contributed by atoms with E-state index in [2.05, 4.69) is 110 Å². The van der Waals surface area contributed by atoms with Crippen LogP contribution in [0.15, 0.2) is 24.3 Å². The van der Waals surface area contributed by atoms with Crippen LogP contribution in [0.1, 0.15) is 97.4 Å². The van der Waals surface area contributed by atoms with E-state index in [-0.39, 0.29) is 28.6 Å². The van der Waals surface area contributed by atoms with Crippen LogP contribution in [0.3, 0.4) is 0 Å². The second kappa shape index (κ2) is 9.77. The number of ether oxygens (including phenoxy) is 4. The van der Waals surface area contributed by atoms with E-state index in [1.807, 2.05) is 0 Å². The zero-order valence-electron chi connectivity index (χ0n) is 27.0. The fourth-order valence-corrected chi connectivity index (χ4v) is 8.70. The van der Waals surface area contributed by atoms with Crippen LogP contribution >= 0.6 is 0 Å². The molecule has 2 fully saturated rings. The van der Waals surface area contributed by atoms with Gasteiger partial charge in [0.1, 0.15) is 12.3 Å². The van der Waals surface area contributed by atoms with Crippen LogP contribution in [0.2, 0.25) is 0 Å². The Balaban J connectivity index is 1.32. The van der Waals surface area contributed by atoms with Gasteiger partial charge in [-0.1, -0.05) is 27.7 Å². The lowest BCUT2D eigenvalue weighted by Gasteiger charge is -2.32. The van der Waals surface area contributed by atoms with Crippen LogP contribution in [-0.2, 0) is 16.2 Å². The summed E-state index contributed by atoms with van der Waals surface area (Å²) in [5.74, 6) is 4.31. The SMILES string of the molecule is COc1cc2c(cc1OC)C1(CC2(C)C)CC(C)(C)c2cc3c(cc21)Oc1c(c(C2NNNN2)c(C)c(C)c1C1NNNN1)O3. The molecule has 0 bridgehead atoms. The van der Waals surface area contributed by atoms with Gasteiger partial charge >= 0.3 is 0 Å². The van der Waals surface area contributed by atoms with Crippen LogP contribution in [0.25, 0.3) is 0 Å². The standard InChI is InChI=1S/C33H42N8O4/c1-15-16(2)26(30-36-40-41-37-30)28-27(25(15)29-34-38-39-35-29)44-23-10-18-20(12-24(23)45-28)33(14-32(18,5)6)13-31(3,4)17-9-21(42-7)22(43-8)11-19(17)33/h9-12,29-30,34-41H,13-14H2,1-8H3. The Kier molecular flexibility index (Phi) is 6.29. The highest BCUT2D eigenvalue weighted by molar-refractivity contribution is 5.70. The Hall–Kier alpha value is -3.46. The maximum atomic E-state index is 6.97. The molecule has 3 aromatic rings. The molecule has 3 heterocycles. The van der Waals surface area contributed by atoms with Crippen molar-refractivity contribution in [2.24, 2.45) is 0 Å². The minimum absolute atomic E-state index is 0.0632. The van der Waals surface area contributed by atoms with E-state index < -0.39 is 0 Å². The first-order valence-corrected chi connectivity index (χ1v) is 15.5. The summed E-state index contributed by atoms with van der Waals surface area (Å²) in [5.41, 5.74) is 33.7. The molecular formula is C33H42N8O4. The molecule has 8 N–H and O–H groups in total. The van der Waals surface area contributed by atoms with Crippen molar-refractivity contribution in [1.29, 1.82) is 0 Å². The first-order chi connectivity index (χ1) is 21.5. The lowest BCUT2D eigenvalue weighted by Crippen LogP contribution is -2.33. The minimum Gasteiger partial charge on any atom is -0.493 e. The topological polar surface area (TPSA) is 133 Å². The predicted molar refractivity (Wildman–Crippen MR) is 169 cm³/mol. The summed E-state index contributed by atoms with van der Waals surface area (Å²) in [6, 6.07) is 8.84. The van der Waals surface area contributed by atoms with Crippen LogP contribution in [0.4, 0.5) is 0 Å².